The Balaban J connectivity index is 1.72. The van der Waals surface area contributed by atoms with E-state index in [4.69, 9.17) is 0 Å². The Kier molecular flexibility index (Phi) is 4.52. The number of aliphatic hydroxyl groups is 1. The van der Waals surface area contributed by atoms with Gasteiger partial charge < -0.3 is 20.2 Å². The van der Waals surface area contributed by atoms with Crippen LogP contribution >= 0.6 is 0 Å². The lowest BCUT2D eigenvalue weighted by atomic mass is 10.1. The maximum atomic E-state index is 12.3. The first-order chi connectivity index (χ1) is 10.6. The van der Waals surface area contributed by atoms with Crippen molar-refractivity contribution in [3.8, 4) is 0 Å². The second-order valence-corrected chi connectivity index (χ2v) is 6.39. The van der Waals surface area contributed by atoms with Gasteiger partial charge in [-0.2, -0.15) is 0 Å². The van der Waals surface area contributed by atoms with E-state index in [0.29, 0.717) is 25.6 Å². The third-order valence-electron chi connectivity index (χ3n) is 4.85. The van der Waals surface area contributed by atoms with Crippen LogP contribution in [0.15, 0.2) is 24.3 Å². The van der Waals surface area contributed by atoms with Gasteiger partial charge in [0.05, 0.1) is 17.5 Å². The van der Waals surface area contributed by atoms with Gasteiger partial charge in [0, 0.05) is 26.2 Å². The fourth-order valence-electron chi connectivity index (χ4n) is 3.50. The van der Waals surface area contributed by atoms with E-state index in [-0.39, 0.29) is 12.1 Å². The van der Waals surface area contributed by atoms with Crippen LogP contribution in [0.3, 0.4) is 0 Å². The van der Waals surface area contributed by atoms with Crippen LogP contribution in [0.5, 0.6) is 0 Å². The van der Waals surface area contributed by atoms with Gasteiger partial charge in [0.15, 0.2) is 0 Å². The summed E-state index contributed by atoms with van der Waals surface area (Å²) in [7, 11) is 2.11. The number of carbonyl (C=O) groups excluding carboxylic acids is 1. The molecule has 1 atom stereocenters. The Morgan fingerprint density at radius 3 is 2.68 bits per heavy atom. The van der Waals surface area contributed by atoms with Gasteiger partial charge >= 0.3 is 6.03 Å². The number of hydrogen-bond acceptors (Lipinski definition) is 3. The Hall–Kier alpha value is -1.75. The minimum Gasteiger partial charge on any atom is -0.391 e. The smallest absolute Gasteiger partial charge is 0.321 e. The van der Waals surface area contributed by atoms with Gasteiger partial charge in [-0.05, 0) is 31.4 Å². The third kappa shape index (κ3) is 3.19. The van der Waals surface area contributed by atoms with Crippen LogP contribution in [0.2, 0.25) is 0 Å². The lowest BCUT2D eigenvalue weighted by molar-refractivity contribution is 0.176. The third-order valence-corrected chi connectivity index (χ3v) is 4.85. The molecule has 120 valence electrons. The molecule has 2 amide bonds. The predicted octanol–water partition coefficient (Wildman–Crippen LogP) is 2.66. The van der Waals surface area contributed by atoms with Crippen molar-refractivity contribution in [1.29, 1.82) is 0 Å². The van der Waals surface area contributed by atoms with Gasteiger partial charge in [-0.25, -0.2) is 4.79 Å². The number of carbonyl (C=O) groups is 1. The molecule has 0 spiro atoms. The van der Waals surface area contributed by atoms with Crippen LogP contribution in [0.25, 0.3) is 0 Å². The molecule has 0 bridgehead atoms. The van der Waals surface area contributed by atoms with Crippen molar-refractivity contribution in [2.24, 2.45) is 0 Å². The van der Waals surface area contributed by atoms with Crippen molar-refractivity contribution >= 4 is 17.4 Å². The Bertz CT molecular complexity index is 528. The fourth-order valence-corrected chi connectivity index (χ4v) is 3.50. The largest absolute Gasteiger partial charge is 0.391 e. The number of amides is 2. The molecule has 1 aromatic carbocycles. The Labute approximate surface area is 131 Å². The fraction of sp³-hybridized carbons (Fsp3) is 0.588. The molecule has 5 nitrogen and oxygen atoms in total. The molecule has 0 aromatic heterocycles. The quantitative estimate of drug-likeness (QED) is 0.902. The monoisotopic (exact) mass is 303 g/mol. The summed E-state index contributed by atoms with van der Waals surface area (Å²) in [6.07, 6.45) is 5.29. The Morgan fingerprint density at radius 1 is 1.27 bits per heavy atom. The van der Waals surface area contributed by atoms with Crippen LogP contribution in [-0.4, -0.2) is 48.3 Å². The van der Waals surface area contributed by atoms with Crippen molar-refractivity contribution in [3.63, 3.8) is 0 Å². The summed E-state index contributed by atoms with van der Waals surface area (Å²) < 4.78 is 0. The molecule has 2 fully saturated rings. The van der Waals surface area contributed by atoms with Crippen LogP contribution < -0.4 is 10.2 Å². The zero-order chi connectivity index (χ0) is 15.5. The highest BCUT2D eigenvalue weighted by Gasteiger charge is 2.26. The van der Waals surface area contributed by atoms with Gasteiger partial charge in [0.2, 0.25) is 0 Å². The minimum atomic E-state index is -0.387. The number of rotatable bonds is 3. The number of aliphatic hydroxyl groups excluding tert-OH is 1. The summed E-state index contributed by atoms with van der Waals surface area (Å²) in [5, 5.41) is 12.6. The summed E-state index contributed by atoms with van der Waals surface area (Å²) in [5.41, 5.74) is 1.92. The van der Waals surface area contributed by atoms with Crippen LogP contribution in [0, 0.1) is 0 Å². The zero-order valence-corrected chi connectivity index (χ0v) is 13.2. The van der Waals surface area contributed by atoms with Crippen molar-refractivity contribution in [2.75, 3.05) is 30.4 Å². The molecule has 1 unspecified atom stereocenters. The highest BCUT2D eigenvalue weighted by Crippen LogP contribution is 2.32. The van der Waals surface area contributed by atoms with Gasteiger partial charge in [-0.1, -0.05) is 25.0 Å². The van der Waals surface area contributed by atoms with E-state index in [0.717, 1.165) is 11.4 Å². The second kappa shape index (κ2) is 6.57. The lowest BCUT2D eigenvalue weighted by Crippen LogP contribution is -2.35. The molecule has 0 radical (unpaired) electrons. The first-order valence-corrected chi connectivity index (χ1v) is 8.21. The number of para-hydroxylation sites is 2. The van der Waals surface area contributed by atoms with Gasteiger partial charge in [0.25, 0.3) is 0 Å². The molecule has 1 aliphatic carbocycles. The Morgan fingerprint density at radius 2 is 2.00 bits per heavy atom. The van der Waals surface area contributed by atoms with E-state index < -0.39 is 0 Å². The number of β-amino-alcohol motifs (C(OH)–C–C–N with tert-alkyl or cyclic N) is 1. The molecule has 5 heteroatoms. The summed E-state index contributed by atoms with van der Waals surface area (Å²) in [4.78, 5) is 16.3. The molecule has 3 rings (SSSR count). The molecule has 1 aliphatic heterocycles. The number of nitrogens with one attached hydrogen (secondary N) is 1. The number of anilines is 2. The molecule has 22 heavy (non-hydrogen) atoms. The topological polar surface area (TPSA) is 55.8 Å². The minimum absolute atomic E-state index is 0.121. The highest BCUT2D eigenvalue weighted by atomic mass is 16.3. The SMILES string of the molecule is CN(c1ccccc1NC(=O)N1CCC(O)C1)C1CCCC1. The predicted molar refractivity (Wildman–Crippen MR) is 88.3 cm³/mol. The van der Waals surface area contributed by atoms with Crippen LogP contribution in [0.4, 0.5) is 16.2 Å². The molecule has 2 aliphatic rings. The molecule has 1 saturated carbocycles. The van der Waals surface area contributed by atoms with E-state index in [1.54, 1.807) is 4.90 Å². The molecule has 1 aromatic rings. The van der Waals surface area contributed by atoms with Gasteiger partial charge in [-0.15, -0.1) is 0 Å². The highest BCUT2D eigenvalue weighted by molar-refractivity contribution is 5.93. The molecule has 1 saturated heterocycles. The number of benzene rings is 1. The van der Waals surface area contributed by atoms with E-state index in [9.17, 15) is 9.90 Å². The second-order valence-electron chi connectivity index (χ2n) is 6.39. The van der Waals surface area contributed by atoms with Crippen molar-refractivity contribution < 1.29 is 9.90 Å². The maximum Gasteiger partial charge on any atom is 0.321 e. The number of likely N-dealkylation sites (tertiary alicyclic amines) is 1. The van der Waals surface area contributed by atoms with E-state index in [1.807, 2.05) is 18.2 Å². The van der Waals surface area contributed by atoms with Crippen LogP contribution in [0.1, 0.15) is 32.1 Å². The molecule has 1 heterocycles. The van der Waals surface area contributed by atoms with Crippen LogP contribution in [-0.2, 0) is 0 Å². The number of nitrogens with zero attached hydrogens (tertiary/aromatic N) is 2. The summed E-state index contributed by atoms with van der Waals surface area (Å²) in [6.45, 7) is 1.04. The standard InChI is InChI=1S/C17H25N3O2/c1-19(13-6-2-3-7-13)16-9-5-4-8-15(16)18-17(22)20-11-10-14(21)12-20/h4-5,8-9,13-14,21H,2-3,6-7,10-12H2,1H3,(H,18,22). The van der Waals surface area contributed by atoms with Crippen molar-refractivity contribution in [3.05, 3.63) is 24.3 Å². The number of hydrogen-bond donors (Lipinski definition) is 2. The van der Waals surface area contributed by atoms with E-state index in [2.05, 4.69) is 23.3 Å². The first kappa shape index (κ1) is 15.2. The summed E-state index contributed by atoms with van der Waals surface area (Å²) in [5.74, 6) is 0. The summed E-state index contributed by atoms with van der Waals surface area (Å²) in [6, 6.07) is 8.41. The molecule has 2 N–H and O–H groups in total. The summed E-state index contributed by atoms with van der Waals surface area (Å²) >= 11 is 0. The number of urea groups is 1. The maximum absolute atomic E-state index is 12.3. The first-order valence-electron chi connectivity index (χ1n) is 8.21. The van der Waals surface area contributed by atoms with Crippen molar-refractivity contribution in [1.82, 2.24) is 4.90 Å². The van der Waals surface area contributed by atoms with Gasteiger partial charge in [0.1, 0.15) is 0 Å². The average molecular weight is 303 g/mol. The van der Waals surface area contributed by atoms with E-state index in [1.165, 1.54) is 25.7 Å². The van der Waals surface area contributed by atoms with Gasteiger partial charge in [-0.3, -0.25) is 0 Å². The average Bonchev–Trinajstić information content (AvgIpc) is 3.18. The molecular formula is C17H25N3O2. The zero-order valence-electron chi connectivity index (χ0n) is 13.2. The lowest BCUT2D eigenvalue weighted by Gasteiger charge is -2.29. The van der Waals surface area contributed by atoms with E-state index >= 15 is 0 Å². The van der Waals surface area contributed by atoms with Crippen molar-refractivity contribution in [2.45, 2.75) is 44.2 Å². The normalized spacial score (nSPS) is 22.1. The molecular weight excluding hydrogens is 278 g/mol.